The molecule has 0 radical (unpaired) electrons. The minimum absolute atomic E-state index is 0.339. The van der Waals surface area contributed by atoms with E-state index in [0.29, 0.717) is 23.7 Å². The molecule has 6 heteroatoms. The van der Waals surface area contributed by atoms with Crippen LogP contribution in [0.15, 0.2) is 189 Å². The molecule has 328 valence electrons. The van der Waals surface area contributed by atoms with E-state index in [1.54, 1.807) is 0 Å². The molecule has 0 bridgehead atoms. The molecule has 5 nitrogen and oxygen atoms in total. The third kappa shape index (κ3) is 7.06. The lowest BCUT2D eigenvalue weighted by Crippen LogP contribution is -2.77. The fourth-order valence-corrected chi connectivity index (χ4v) is 15.7. The summed E-state index contributed by atoms with van der Waals surface area (Å²) >= 11 is 0. The number of anilines is 3. The number of rotatable bonds is 11. The van der Waals surface area contributed by atoms with Crippen LogP contribution in [-0.4, -0.2) is 27.2 Å². The second-order valence-electron chi connectivity index (χ2n) is 19.0. The van der Waals surface area contributed by atoms with Gasteiger partial charge in [-0.15, -0.1) is 0 Å². The monoisotopic (exact) mass is 877 g/mol. The molecule has 0 fully saturated rings. The Morgan fingerprint density at radius 3 is 1.33 bits per heavy atom. The summed E-state index contributed by atoms with van der Waals surface area (Å²) in [5.41, 5.74) is 13.3. The summed E-state index contributed by atoms with van der Waals surface area (Å²) in [6.45, 7) is 18.3. The van der Waals surface area contributed by atoms with Gasteiger partial charge in [-0.25, -0.2) is 9.97 Å². The van der Waals surface area contributed by atoms with Gasteiger partial charge in [0.2, 0.25) is 0 Å². The molecule has 10 rings (SSSR count). The van der Waals surface area contributed by atoms with Gasteiger partial charge in [-0.2, -0.15) is 0 Å². The molecule has 0 amide bonds. The van der Waals surface area contributed by atoms with Crippen molar-refractivity contribution in [1.82, 2.24) is 19.1 Å². The Balaban J connectivity index is 1.24. The smallest absolute Gasteiger partial charge is 0.184 e. The van der Waals surface area contributed by atoms with E-state index in [-0.39, 0.29) is 0 Å². The second kappa shape index (κ2) is 17.4. The number of benzene rings is 7. The third-order valence-electron chi connectivity index (χ3n) is 13.7. The van der Waals surface area contributed by atoms with Crippen molar-refractivity contribution in [3.63, 3.8) is 0 Å². The van der Waals surface area contributed by atoms with Gasteiger partial charge in [0.05, 0.1) is 11.4 Å². The maximum Gasteiger partial charge on any atom is 0.184 e. The predicted molar refractivity (Wildman–Crippen MR) is 280 cm³/mol. The SMILES string of the molecule is CC(C)c1cccc(C(C)C)c1-n1ccnc1-c1cccc(N2c3ccccc3[Si](c3ccccc3)(c3ccccc3)c3ccc(-c4nccn4-c4c(C(C)C)cccc4C(C)C)cc32)c1. The van der Waals surface area contributed by atoms with Gasteiger partial charge >= 0.3 is 0 Å². The van der Waals surface area contributed by atoms with E-state index < -0.39 is 8.07 Å². The maximum absolute atomic E-state index is 5.18. The van der Waals surface area contributed by atoms with Gasteiger partial charge in [0, 0.05) is 53.0 Å². The van der Waals surface area contributed by atoms with E-state index >= 15 is 0 Å². The van der Waals surface area contributed by atoms with Crippen molar-refractivity contribution in [3.05, 3.63) is 211 Å². The zero-order chi connectivity index (χ0) is 45.7. The molecule has 66 heavy (non-hydrogen) atoms. The summed E-state index contributed by atoms with van der Waals surface area (Å²) in [4.78, 5) is 12.8. The van der Waals surface area contributed by atoms with Crippen LogP contribution in [0.1, 0.15) is 101 Å². The topological polar surface area (TPSA) is 38.9 Å². The number of fused-ring (bicyclic) bond motifs is 2. The summed E-state index contributed by atoms with van der Waals surface area (Å²) in [5, 5.41) is 5.40. The Morgan fingerprint density at radius 2 is 0.833 bits per heavy atom. The molecule has 0 aliphatic carbocycles. The lowest BCUT2D eigenvalue weighted by atomic mass is 9.92. The highest BCUT2D eigenvalue weighted by atomic mass is 28.3. The van der Waals surface area contributed by atoms with Crippen LogP contribution in [0.4, 0.5) is 17.1 Å². The zero-order valence-corrected chi connectivity index (χ0v) is 40.4. The molecule has 3 heterocycles. The first-order valence-corrected chi connectivity index (χ1v) is 25.7. The number of para-hydroxylation sites is 3. The molecule has 7 aromatic carbocycles. The van der Waals surface area contributed by atoms with Crippen molar-refractivity contribution in [3.8, 4) is 34.2 Å². The van der Waals surface area contributed by atoms with Crippen LogP contribution in [0.25, 0.3) is 34.2 Å². The van der Waals surface area contributed by atoms with E-state index in [4.69, 9.17) is 9.97 Å². The van der Waals surface area contributed by atoms with E-state index in [9.17, 15) is 0 Å². The fourth-order valence-electron chi connectivity index (χ4n) is 10.6. The lowest BCUT2D eigenvalue weighted by Gasteiger charge is -2.45. The zero-order valence-electron chi connectivity index (χ0n) is 39.4. The van der Waals surface area contributed by atoms with Gasteiger partial charge in [0.15, 0.2) is 8.07 Å². The molecule has 2 aromatic heterocycles. The molecule has 0 saturated heterocycles. The molecule has 0 saturated carbocycles. The first-order valence-electron chi connectivity index (χ1n) is 23.7. The molecule has 0 N–H and O–H groups in total. The average Bonchev–Trinajstić information content (AvgIpc) is 4.04. The van der Waals surface area contributed by atoms with Crippen LogP contribution in [0.3, 0.4) is 0 Å². The molecule has 0 unspecified atom stereocenters. The van der Waals surface area contributed by atoms with E-state index in [2.05, 4.69) is 246 Å². The number of hydrogen-bond donors (Lipinski definition) is 0. The van der Waals surface area contributed by atoms with Crippen molar-refractivity contribution in [2.24, 2.45) is 0 Å². The quantitative estimate of drug-likeness (QED) is 0.122. The van der Waals surface area contributed by atoms with Crippen molar-refractivity contribution < 1.29 is 0 Å². The van der Waals surface area contributed by atoms with Gasteiger partial charge in [-0.05, 0) is 90.9 Å². The van der Waals surface area contributed by atoms with Gasteiger partial charge in [-0.3, -0.25) is 9.13 Å². The number of hydrogen-bond acceptors (Lipinski definition) is 3. The van der Waals surface area contributed by atoms with Gasteiger partial charge in [0.25, 0.3) is 0 Å². The minimum atomic E-state index is -2.92. The Hall–Kier alpha value is -7.02. The van der Waals surface area contributed by atoms with Crippen LogP contribution in [0.2, 0.25) is 0 Å². The van der Waals surface area contributed by atoms with Gasteiger partial charge in [-0.1, -0.05) is 195 Å². The van der Waals surface area contributed by atoms with Crippen molar-refractivity contribution in [1.29, 1.82) is 0 Å². The Kier molecular flexibility index (Phi) is 11.3. The molecule has 1 aliphatic heterocycles. The fraction of sp³-hybridized carbons (Fsp3) is 0.200. The van der Waals surface area contributed by atoms with Crippen molar-refractivity contribution >= 4 is 45.9 Å². The average molecular weight is 878 g/mol. The molecular formula is C60H59N5Si. The largest absolute Gasteiger partial charge is 0.311 e. The second-order valence-corrected chi connectivity index (χ2v) is 22.8. The summed E-state index contributed by atoms with van der Waals surface area (Å²) in [7, 11) is -2.92. The van der Waals surface area contributed by atoms with Crippen molar-refractivity contribution in [2.75, 3.05) is 4.90 Å². The van der Waals surface area contributed by atoms with Crippen LogP contribution in [-0.2, 0) is 0 Å². The molecular weight excluding hydrogens is 819 g/mol. The summed E-state index contributed by atoms with van der Waals surface area (Å²) in [6, 6.07) is 61.4. The third-order valence-corrected chi connectivity index (χ3v) is 18.5. The number of imidazole rings is 2. The van der Waals surface area contributed by atoms with E-state index in [0.717, 1.165) is 34.2 Å². The molecule has 0 spiro atoms. The van der Waals surface area contributed by atoms with Crippen LogP contribution in [0, 0.1) is 0 Å². The molecule has 0 atom stereocenters. The Labute approximate surface area is 392 Å². The summed E-state index contributed by atoms with van der Waals surface area (Å²) in [6.07, 6.45) is 8.20. The number of nitrogens with zero attached hydrogens (tertiary/aromatic N) is 5. The molecule has 9 aromatic rings. The normalized spacial score (nSPS) is 13.2. The van der Waals surface area contributed by atoms with Crippen LogP contribution >= 0.6 is 0 Å². The minimum Gasteiger partial charge on any atom is -0.311 e. The van der Waals surface area contributed by atoms with Crippen molar-refractivity contribution in [2.45, 2.75) is 79.1 Å². The van der Waals surface area contributed by atoms with Crippen LogP contribution < -0.4 is 25.6 Å². The summed E-state index contributed by atoms with van der Waals surface area (Å²) < 4.78 is 4.66. The Morgan fingerprint density at radius 1 is 0.394 bits per heavy atom. The maximum atomic E-state index is 5.18. The predicted octanol–water partition coefficient (Wildman–Crippen LogP) is 13.0. The Bertz CT molecular complexity index is 3080. The molecule has 1 aliphatic rings. The first kappa shape index (κ1) is 42.9. The standard InChI is InChI=1S/C60H59N5Si/c1-40(2)49-26-18-27-50(41(3)4)57(49)63-36-34-61-59(63)44-20-17-21-46(38-44)65-53-30-15-16-31-55(53)66(47-22-11-9-12-23-47,48-24-13-10-14-25-48)56-33-32-45(39-54(56)65)60-62-35-37-64(60)58-51(42(5)6)28-19-29-52(58)43(7)8/h9-43H,1-8H3. The van der Waals surface area contributed by atoms with E-state index in [1.807, 2.05) is 12.4 Å². The summed E-state index contributed by atoms with van der Waals surface area (Å²) in [5.74, 6) is 3.23. The van der Waals surface area contributed by atoms with E-state index in [1.165, 1.54) is 60.1 Å². The highest BCUT2D eigenvalue weighted by Gasteiger charge is 2.49. The van der Waals surface area contributed by atoms with Gasteiger partial charge < -0.3 is 4.90 Å². The number of aromatic nitrogens is 4. The first-order chi connectivity index (χ1) is 32.1. The van der Waals surface area contributed by atoms with Gasteiger partial charge in [0.1, 0.15) is 11.6 Å². The van der Waals surface area contributed by atoms with Crippen LogP contribution in [0.5, 0.6) is 0 Å². The highest BCUT2D eigenvalue weighted by molar-refractivity contribution is 7.21. The highest BCUT2D eigenvalue weighted by Crippen LogP contribution is 2.43. The lowest BCUT2D eigenvalue weighted by molar-refractivity contribution is 0.806.